The van der Waals surface area contributed by atoms with Crippen LogP contribution in [0.15, 0.2) is 12.5 Å². The molecule has 1 aromatic rings. The number of rotatable bonds is 7. The van der Waals surface area contributed by atoms with E-state index >= 15 is 0 Å². The van der Waals surface area contributed by atoms with Gasteiger partial charge in [-0.05, 0) is 6.42 Å². The third-order valence-corrected chi connectivity index (χ3v) is 2.20. The first-order valence-corrected chi connectivity index (χ1v) is 5.24. The molecule has 1 aromatic heterocycles. The SMILES string of the molecule is O=C(CCC(O)C(=O)O)NCCc1cnc[nH]1. The Bertz CT molecular complexity index is 364. The molecule has 0 fully saturated rings. The van der Waals surface area contributed by atoms with E-state index in [4.69, 9.17) is 10.2 Å². The van der Waals surface area contributed by atoms with E-state index in [1.165, 1.54) is 0 Å². The van der Waals surface area contributed by atoms with E-state index in [0.29, 0.717) is 13.0 Å². The van der Waals surface area contributed by atoms with Crippen LogP contribution in [0.2, 0.25) is 0 Å². The number of aromatic amines is 1. The first kappa shape index (κ1) is 13.2. The van der Waals surface area contributed by atoms with Crippen LogP contribution in [0.5, 0.6) is 0 Å². The molecule has 7 heteroatoms. The highest BCUT2D eigenvalue weighted by molar-refractivity contribution is 5.77. The van der Waals surface area contributed by atoms with Gasteiger partial charge in [0.25, 0.3) is 0 Å². The Morgan fingerprint density at radius 2 is 2.29 bits per heavy atom. The van der Waals surface area contributed by atoms with Gasteiger partial charge < -0.3 is 20.5 Å². The number of aliphatic hydroxyl groups excluding tert-OH is 1. The van der Waals surface area contributed by atoms with Crippen LogP contribution in [0.3, 0.4) is 0 Å². The van der Waals surface area contributed by atoms with Gasteiger partial charge in [-0.2, -0.15) is 0 Å². The Hall–Kier alpha value is -1.89. The standard InChI is InChI=1S/C10H15N3O4/c14-8(10(16)17)1-2-9(15)12-4-3-7-5-11-6-13-7/h5-6,8,14H,1-4H2,(H,11,13)(H,12,15)(H,16,17). The summed E-state index contributed by atoms with van der Waals surface area (Å²) in [7, 11) is 0. The summed E-state index contributed by atoms with van der Waals surface area (Å²) in [6.45, 7) is 0.449. The number of nitrogens with one attached hydrogen (secondary N) is 2. The fourth-order valence-corrected chi connectivity index (χ4v) is 1.24. The highest BCUT2D eigenvalue weighted by Crippen LogP contribution is 1.97. The second-order valence-corrected chi connectivity index (χ2v) is 3.57. The van der Waals surface area contributed by atoms with E-state index in [2.05, 4.69) is 15.3 Å². The van der Waals surface area contributed by atoms with Gasteiger partial charge in [0, 0.05) is 31.3 Å². The summed E-state index contributed by atoms with van der Waals surface area (Å²) in [6, 6.07) is 0. The van der Waals surface area contributed by atoms with Crippen LogP contribution in [0.25, 0.3) is 0 Å². The highest BCUT2D eigenvalue weighted by Gasteiger charge is 2.14. The number of nitrogens with zero attached hydrogens (tertiary/aromatic N) is 1. The van der Waals surface area contributed by atoms with Gasteiger partial charge in [0.05, 0.1) is 6.33 Å². The van der Waals surface area contributed by atoms with E-state index in [-0.39, 0.29) is 18.7 Å². The molecular formula is C10H15N3O4. The van der Waals surface area contributed by atoms with Crippen molar-refractivity contribution in [1.29, 1.82) is 0 Å². The molecule has 17 heavy (non-hydrogen) atoms. The molecule has 4 N–H and O–H groups in total. The number of H-pyrrole nitrogens is 1. The predicted octanol–water partition coefficient (Wildman–Crippen LogP) is -0.706. The Labute approximate surface area is 97.9 Å². The number of carboxylic acids is 1. The van der Waals surface area contributed by atoms with Crippen LogP contribution in [-0.2, 0) is 16.0 Å². The molecule has 0 aliphatic rings. The molecule has 7 nitrogen and oxygen atoms in total. The Morgan fingerprint density at radius 1 is 1.53 bits per heavy atom. The van der Waals surface area contributed by atoms with Crippen LogP contribution in [0.1, 0.15) is 18.5 Å². The number of carboxylic acid groups (broad SMARTS) is 1. The zero-order valence-corrected chi connectivity index (χ0v) is 9.22. The van der Waals surface area contributed by atoms with Crippen molar-refractivity contribution in [2.24, 2.45) is 0 Å². The fourth-order valence-electron chi connectivity index (χ4n) is 1.24. The van der Waals surface area contributed by atoms with Gasteiger partial charge in [0.1, 0.15) is 0 Å². The summed E-state index contributed by atoms with van der Waals surface area (Å²) >= 11 is 0. The minimum Gasteiger partial charge on any atom is -0.479 e. The first-order chi connectivity index (χ1) is 8.09. The van der Waals surface area contributed by atoms with Crippen molar-refractivity contribution < 1.29 is 19.8 Å². The molecule has 0 saturated carbocycles. The topological polar surface area (TPSA) is 115 Å². The minimum absolute atomic E-state index is 0.00353. The van der Waals surface area contributed by atoms with Crippen LogP contribution in [0.4, 0.5) is 0 Å². The zero-order chi connectivity index (χ0) is 12.7. The molecule has 0 aliphatic heterocycles. The summed E-state index contributed by atoms with van der Waals surface area (Å²) < 4.78 is 0. The lowest BCUT2D eigenvalue weighted by atomic mass is 10.2. The molecule has 0 aromatic carbocycles. The third-order valence-electron chi connectivity index (χ3n) is 2.20. The van der Waals surface area contributed by atoms with E-state index in [1.807, 2.05) is 0 Å². The second kappa shape index (κ2) is 6.64. The van der Waals surface area contributed by atoms with Crippen molar-refractivity contribution >= 4 is 11.9 Å². The molecule has 1 atom stereocenters. The van der Waals surface area contributed by atoms with Gasteiger partial charge in [-0.3, -0.25) is 4.79 Å². The number of aromatic nitrogens is 2. The normalized spacial score (nSPS) is 12.1. The van der Waals surface area contributed by atoms with Gasteiger partial charge in [0.15, 0.2) is 6.10 Å². The maximum atomic E-state index is 11.3. The summed E-state index contributed by atoms with van der Waals surface area (Å²) in [5.41, 5.74) is 0.913. The van der Waals surface area contributed by atoms with Gasteiger partial charge in [-0.1, -0.05) is 0 Å². The molecule has 0 bridgehead atoms. The van der Waals surface area contributed by atoms with Crippen molar-refractivity contribution in [2.45, 2.75) is 25.4 Å². The largest absolute Gasteiger partial charge is 0.479 e. The maximum Gasteiger partial charge on any atom is 0.332 e. The molecule has 0 saturated heterocycles. The van der Waals surface area contributed by atoms with Gasteiger partial charge in [-0.25, -0.2) is 9.78 Å². The van der Waals surface area contributed by atoms with Crippen molar-refractivity contribution in [3.05, 3.63) is 18.2 Å². The second-order valence-electron chi connectivity index (χ2n) is 3.57. The molecule has 1 rings (SSSR count). The summed E-state index contributed by atoms with van der Waals surface area (Å²) in [5, 5.41) is 20.0. The number of hydrogen-bond acceptors (Lipinski definition) is 4. The van der Waals surface area contributed by atoms with Crippen LogP contribution in [0, 0.1) is 0 Å². The summed E-state index contributed by atoms with van der Waals surface area (Å²) in [6.07, 6.45) is 2.30. The summed E-state index contributed by atoms with van der Waals surface area (Å²) in [5.74, 6) is -1.58. The number of carbonyl (C=O) groups excluding carboxylic acids is 1. The monoisotopic (exact) mass is 241 g/mol. The van der Waals surface area contributed by atoms with Crippen molar-refractivity contribution in [3.8, 4) is 0 Å². The average Bonchev–Trinajstić information content (AvgIpc) is 2.78. The van der Waals surface area contributed by atoms with Crippen molar-refractivity contribution in [2.75, 3.05) is 6.54 Å². The van der Waals surface area contributed by atoms with E-state index in [0.717, 1.165) is 5.69 Å². The van der Waals surface area contributed by atoms with Crippen LogP contribution in [-0.4, -0.2) is 44.7 Å². The Kier molecular flexibility index (Phi) is 5.15. The molecule has 1 heterocycles. The Morgan fingerprint density at radius 3 is 2.88 bits per heavy atom. The Balaban J connectivity index is 2.11. The molecular weight excluding hydrogens is 226 g/mol. The van der Waals surface area contributed by atoms with Crippen molar-refractivity contribution in [3.63, 3.8) is 0 Å². The van der Waals surface area contributed by atoms with E-state index in [9.17, 15) is 9.59 Å². The molecule has 1 amide bonds. The predicted molar refractivity (Wildman–Crippen MR) is 58.2 cm³/mol. The van der Waals surface area contributed by atoms with Crippen LogP contribution >= 0.6 is 0 Å². The fraction of sp³-hybridized carbons (Fsp3) is 0.500. The van der Waals surface area contributed by atoms with E-state index < -0.39 is 12.1 Å². The van der Waals surface area contributed by atoms with Gasteiger partial charge >= 0.3 is 5.97 Å². The first-order valence-electron chi connectivity index (χ1n) is 5.24. The summed E-state index contributed by atoms with van der Waals surface area (Å²) in [4.78, 5) is 28.3. The van der Waals surface area contributed by atoms with Gasteiger partial charge in [-0.15, -0.1) is 0 Å². The molecule has 94 valence electrons. The number of aliphatic hydroxyl groups is 1. The number of aliphatic carboxylic acids is 1. The van der Waals surface area contributed by atoms with Crippen LogP contribution < -0.4 is 5.32 Å². The third kappa shape index (κ3) is 5.12. The zero-order valence-electron chi connectivity index (χ0n) is 9.22. The smallest absolute Gasteiger partial charge is 0.332 e. The lowest BCUT2D eigenvalue weighted by molar-refractivity contribution is -0.147. The van der Waals surface area contributed by atoms with E-state index in [1.54, 1.807) is 12.5 Å². The number of imidazole rings is 1. The molecule has 1 unspecified atom stereocenters. The number of carbonyl (C=O) groups is 2. The molecule has 0 aliphatic carbocycles. The van der Waals surface area contributed by atoms with Gasteiger partial charge in [0.2, 0.25) is 5.91 Å². The molecule has 0 spiro atoms. The minimum atomic E-state index is -1.48. The molecule has 0 radical (unpaired) electrons. The average molecular weight is 241 g/mol. The number of hydrogen-bond donors (Lipinski definition) is 4. The quantitative estimate of drug-likeness (QED) is 0.503. The van der Waals surface area contributed by atoms with Crippen molar-refractivity contribution in [1.82, 2.24) is 15.3 Å². The maximum absolute atomic E-state index is 11.3. The lowest BCUT2D eigenvalue weighted by Gasteiger charge is -2.06. The highest BCUT2D eigenvalue weighted by atomic mass is 16.4. The number of amides is 1. The lowest BCUT2D eigenvalue weighted by Crippen LogP contribution is -2.28.